The van der Waals surface area contributed by atoms with E-state index in [1.807, 2.05) is 12.1 Å². The average Bonchev–Trinajstić information content (AvgIpc) is 2.46. The second-order valence-electron chi connectivity index (χ2n) is 4.15. The van der Waals surface area contributed by atoms with Crippen LogP contribution in [0.15, 0.2) is 48.8 Å². The molecule has 0 atom stereocenters. The number of nitrogens with two attached hydrogens (primary N) is 1. The van der Waals surface area contributed by atoms with Crippen molar-refractivity contribution in [3.05, 3.63) is 59.9 Å². The highest BCUT2D eigenvalue weighted by Crippen LogP contribution is 2.09. The van der Waals surface area contributed by atoms with Gasteiger partial charge in [0.1, 0.15) is 0 Å². The Morgan fingerprint density at radius 2 is 1.80 bits per heavy atom. The van der Waals surface area contributed by atoms with Gasteiger partial charge in [0.25, 0.3) is 5.91 Å². The van der Waals surface area contributed by atoms with Gasteiger partial charge in [-0.3, -0.25) is 15.2 Å². The number of guanidine groups is 1. The number of nitrogens with zero attached hydrogens (tertiary/aromatic N) is 1. The van der Waals surface area contributed by atoms with E-state index in [-0.39, 0.29) is 11.9 Å². The molecule has 20 heavy (non-hydrogen) atoms. The van der Waals surface area contributed by atoms with Gasteiger partial charge in [0.2, 0.25) is 0 Å². The van der Waals surface area contributed by atoms with Crippen LogP contribution in [-0.4, -0.2) is 16.9 Å². The van der Waals surface area contributed by atoms with Crippen LogP contribution in [0.1, 0.15) is 15.9 Å². The number of amides is 1. The van der Waals surface area contributed by atoms with E-state index in [0.717, 1.165) is 5.56 Å². The third-order valence-corrected chi connectivity index (χ3v) is 2.64. The minimum Gasteiger partial charge on any atom is -0.370 e. The van der Waals surface area contributed by atoms with Crippen molar-refractivity contribution in [3.63, 3.8) is 0 Å². The zero-order valence-corrected chi connectivity index (χ0v) is 10.8. The molecule has 0 radical (unpaired) electrons. The highest BCUT2D eigenvalue weighted by molar-refractivity contribution is 6.04. The summed E-state index contributed by atoms with van der Waals surface area (Å²) in [6.45, 7) is 0.460. The Hall–Kier alpha value is -2.89. The predicted molar refractivity (Wildman–Crippen MR) is 77.4 cm³/mol. The Bertz CT molecular complexity index is 595. The molecule has 1 aromatic heterocycles. The molecule has 2 aromatic rings. The lowest BCUT2D eigenvalue weighted by molar-refractivity contribution is 0.102. The number of hydrogen-bond donors (Lipinski definition) is 4. The van der Waals surface area contributed by atoms with E-state index in [2.05, 4.69) is 15.6 Å². The van der Waals surface area contributed by atoms with Crippen molar-refractivity contribution < 1.29 is 4.79 Å². The summed E-state index contributed by atoms with van der Waals surface area (Å²) in [6, 6.07) is 10.5. The van der Waals surface area contributed by atoms with Crippen molar-refractivity contribution in [2.24, 2.45) is 5.73 Å². The van der Waals surface area contributed by atoms with Gasteiger partial charge in [0.15, 0.2) is 5.96 Å². The van der Waals surface area contributed by atoms with Crippen molar-refractivity contribution in [1.29, 1.82) is 5.41 Å². The predicted octanol–water partition coefficient (Wildman–Crippen LogP) is 1.32. The van der Waals surface area contributed by atoms with Gasteiger partial charge in [-0.25, -0.2) is 0 Å². The summed E-state index contributed by atoms with van der Waals surface area (Å²) < 4.78 is 0. The molecule has 0 aliphatic heterocycles. The summed E-state index contributed by atoms with van der Waals surface area (Å²) in [4.78, 5) is 15.9. The molecule has 2 rings (SSSR count). The molecule has 1 heterocycles. The number of rotatable bonds is 4. The number of carbonyl (C=O) groups excluding carboxylic acids is 1. The molecule has 5 N–H and O–H groups in total. The van der Waals surface area contributed by atoms with Crippen LogP contribution in [-0.2, 0) is 6.54 Å². The third-order valence-electron chi connectivity index (χ3n) is 2.64. The van der Waals surface area contributed by atoms with Gasteiger partial charge in [-0.15, -0.1) is 0 Å². The van der Waals surface area contributed by atoms with Crippen LogP contribution < -0.4 is 16.4 Å². The molecule has 0 fully saturated rings. The number of hydrogen-bond acceptors (Lipinski definition) is 3. The fourth-order valence-corrected chi connectivity index (χ4v) is 1.61. The van der Waals surface area contributed by atoms with Gasteiger partial charge in [0.05, 0.1) is 0 Å². The molecule has 0 aliphatic rings. The van der Waals surface area contributed by atoms with Crippen LogP contribution in [0.2, 0.25) is 0 Å². The Kier molecular flexibility index (Phi) is 4.28. The first kappa shape index (κ1) is 13.5. The Morgan fingerprint density at radius 1 is 1.15 bits per heavy atom. The first-order valence-electron chi connectivity index (χ1n) is 6.03. The minimum atomic E-state index is -0.178. The monoisotopic (exact) mass is 269 g/mol. The number of carbonyl (C=O) groups is 1. The van der Waals surface area contributed by atoms with Crippen LogP contribution in [0.4, 0.5) is 5.69 Å². The van der Waals surface area contributed by atoms with Gasteiger partial charge in [-0.2, -0.15) is 0 Å². The number of aromatic nitrogens is 1. The minimum absolute atomic E-state index is 0.0792. The summed E-state index contributed by atoms with van der Waals surface area (Å²) in [5, 5.41) is 12.6. The number of anilines is 1. The zero-order valence-electron chi connectivity index (χ0n) is 10.8. The van der Waals surface area contributed by atoms with E-state index in [4.69, 9.17) is 11.1 Å². The van der Waals surface area contributed by atoms with E-state index in [0.29, 0.717) is 17.8 Å². The maximum atomic E-state index is 12.0. The molecular weight excluding hydrogens is 254 g/mol. The molecule has 0 spiro atoms. The van der Waals surface area contributed by atoms with E-state index < -0.39 is 0 Å². The lowest BCUT2D eigenvalue weighted by Gasteiger charge is -2.07. The van der Waals surface area contributed by atoms with Gasteiger partial charge < -0.3 is 16.4 Å². The lowest BCUT2D eigenvalue weighted by atomic mass is 10.1. The van der Waals surface area contributed by atoms with Crippen molar-refractivity contribution in [3.8, 4) is 0 Å². The van der Waals surface area contributed by atoms with Crippen molar-refractivity contribution in [2.75, 3.05) is 5.32 Å². The SMILES string of the molecule is N=C(N)NCc1ccc(C(=O)Nc2ccncc2)cc1. The van der Waals surface area contributed by atoms with E-state index in [9.17, 15) is 4.79 Å². The largest absolute Gasteiger partial charge is 0.370 e. The molecule has 0 saturated heterocycles. The average molecular weight is 269 g/mol. The number of nitrogens with one attached hydrogen (secondary N) is 3. The molecule has 0 saturated carbocycles. The van der Waals surface area contributed by atoms with Crippen LogP contribution in [0.5, 0.6) is 0 Å². The standard InChI is InChI=1S/C14H15N5O/c15-14(16)18-9-10-1-3-11(4-2-10)13(20)19-12-5-7-17-8-6-12/h1-8H,9H2,(H4,15,16,18)(H,17,19,20). The summed E-state index contributed by atoms with van der Waals surface area (Å²) in [6.07, 6.45) is 3.23. The van der Waals surface area contributed by atoms with Crippen LogP contribution in [0, 0.1) is 5.41 Å². The quantitative estimate of drug-likeness (QED) is 0.496. The van der Waals surface area contributed by atoms with Crippen LogP contribution in [0.25, 0.3) is 0 Å². The molecule has 0 aliphatic carbocycles. The van der Waals surface area contributed by atoms with Crippen LogP contribution in [0.3, 0.4) is 0 Å². The molecule has 6 heteroatoms. The van der Waals surface area contributed by atoms with Crippen molar-refractivity contribution in [2.45, 2.75) is 6.54 Å². The van der Waals surface area contributed by atoms with Gasteiger partial charge in [-0.05, 0) is 29.8 Å². The van der Waals surface area contributed by atoms with Gasteiger partial charge in [-0.1, -0.05) is 12.1 Å². The molecule has 1 aromatic carbocycles. The normalized spacial score (nSPS) is 9.80. The van der Waals surface area contributed by atoms with Crippen LogP contribution >= 0.6 is 0 Å². The summed E-state index contributed by atoms with van der Waals surface area (Å²) >= 11 is 0. The van der Waals surface area contributed by atoms with E-state index in [1.54, 1.807) is 36.7 Å². The first-order valence-corrected chi connectivity index (χ1v) is 6.03. The van der Waals surface area contributed by atoms with Crippen molar-refractivity contribution in [1.82, 2.24) is 10.3 Å². The van der Waals surface area contributed by atoms with Crippen molar-refractivity contribution >= 4 is 17.6 Å². The second kappa shape index (κ2) is 6.33. The van der Waals surface area contributed by atoms with E-state index >= 15 is 0 Å². The van der Waals surface area contributed by atoms with Gasteiger partial charge >= 0.3 is 0 Å². The molecule has 0 unspecified atom stereocenters. The molecule has 102 valence electrons. The highest BCUT2D eigenvalue weighted by Gasteiger charge is 2.05. The summed E-state index contributed by atoms with van der Waals surface area (Å²) in [7, 11) is 0. The Balaban J connectivity index is 1.99. The smallest absolute Gasteiger partial charge is 0.255 e. The molecule has 6 nitrogen and oxygen atoms in total. The highest BCUT2D eigenvalue weighted by atomic mass is 16.1. The Labute approximate surface area is 116 Å². The van der Waals surface area contributed by atoms with Gasteiger partial charge in [0, 0.05) is 30.2 Å². The molecular formula is C14H15N5O. The number of pyridine rings is 1. The Morgan fingerprint density at radius 3 is 2.40 bits per heavy atom. The second-order valence-corrected chi connectivity index (χ2v) is 4.15. The fourth-order valence-electron chi connectivity index (χ4n) is 1.61. The topological polar surface area (TPSA) is 104 Å². The first-order chi connectivity index (χ1) is 9.65. The molecule has 1 amide bonds. The molecule has 0 bridgehead atoms. The third kappa shape index (κ3) is 3.81. The zero-order chi connectivity index (χ0) is 14.4. The fraction of sp³-hybridized carbons (Fsp3) is 0.0714. The number of benzene rings is 1. The lowest BCUT2D eigenvalue weighted by Crippen LogP contribution is -2.29. The summed E-state index contributed by atoms with van der Waals surface area (Å²) in [5.41, 5.74) is 7.42. The van der Waals surface area contributed by atoms with E-state index in [1.165, 1.54) is 0 Å². The maximum absolute atomic E-state index is 12.0. The maximum Gasteiger partial charge on any atom is 0.255 e. The summed E-state index contributed by atoms with van der Waals surface area (Å²) in [5.74, 6) is -0.258.